The first-order valence-electron chi connectivity index (χ1n) is 6.03. The molecule has 0 bridgehead atoms. The fourth-order valence-electron chi connectivity index (χ4n) is 1.76. The summed E-state index contributed by atoms with van der Waals surface area (Å²) in [6, 6.07) is 4.94. The molecule has 0 saturated carbocycles. The second kappa shape index (κ2) is 6.74. The van der Waals surface area contributed by atoms with Crippen LogP contribution in [0.25, 0.3) is 0 Å². The van der Waals surface area contributed by atoms with Crippen molar-refractivity contribution in [3.63, 3.8) is 0 Å². The molecule has 0 unspecified atom stereocenters. The summed E-state index contributed by atoms with van der Waals surface area (Å²) in [7, 11) is -0.509. The van der Waals surface area contributed by atoms with E-state index in [0.29, 0.717) is 6.61 Å². The number of nitrogen functional groups attached to an aromatic ring is 1. The highest BCUT2D eigenvalue weighted by Crippen LogP contribution is 2.24. The van der Waals surface area contributed by atoms with Crippen molar-refractivity contribution in [2.75, 3.05) is 44.5 Å². The van der Waals surface area contributed by atoms with Crippen LogP contribution in [-0.2, 0) is 14.8 Å². The number of benzene rings is 1. The number of likely N-dealkylation sites (N-methyl/N-ethyl adjacent to an activating group) is 1. The molecule has 3 N–H and O–H groups in total. The Hall–Kier alpha value is -1.31. The third-order valence-electron chi connectivity index (χ3n) is 2.86. The molecule has 1 aromatic rings. The van der Waals surface area contributed by atoms with Crippen molar-refractivity contribution in [2.45, 2.75) is 11.8 Å². The van der Waals surface area contributed by atoms with E-state index in [-0.39, 0.29) is 10.6 Å². The van der Waals surface area contributed by atoms with Gasteiger partial charge in [0.05, 0.1) is 12.3 Å². The van der Waals surface area contributed by atoms with Crippen LogP contribution in [0.4, 0.5) is 11.4 Å². The maximum Gasteiger partial charge on any atom is 0.242 e. The maximum absolute atomic E-state index is 11.7. The van der Waals surface area contributed by atoms with Crippen LogP contribution in [0.1, 0.15) is 6.92 Å². The van der Waals surface area contributed by atoms with Crippen LogP contribution in [0.5, 0.6) is 0 Å². The Morgan fingerprint density at radius 3 is 2.58 bits per heavy atom. The van der Waals surface area contributed by atoms with Gasteiger partial charge in [0.1, 0.15) is 4.90 Å². The van der Waals surface area contributed by atoms with Crippen LogP contribution in [-0.4, -0.2) is 42.3 Å². The van der Waals surface area contributed by atoms with Crippen molar-refractivity contribution in [3.05, 3.63) is 18.2 Å². The van der Waals surface area contributed by atoms with Crippen molar-refractivity contribution in [1.29, 1.82) is 0 Å². The molecule has 6 nitrogen and oxygen atoms in total. The molecule has 0 spiro atoms. The number of rotatable bonds is 7. The standard InChI is InChI=1S/C12H21N3O3S/c1-4-15(7-8-18-3)10-5-6-12(11(13)9-10)19(16,17)14-2/h5-6,9,14H,4,7-8,13H2,1-3H3. The molecular formula is C12H21N3O3S. The Balaban J connectivity index is 3.05. The summed E-state index contributed by atoms with van der Waals surface area (Å²) >= 11 is 0. The third-order valence-corrected chi connectivity index (χ3v) is 4.35. The normalized spacial score (nSPS) is 11.5. The average molecular weight is 287 g/mol. The lowest BCUT2D eigenvalue weighted by molar-refractivity contribution is 0.205. The van der Waals surface area contributed by atoms with Gasteiger partial charge >= 0.3 is 0 Å². The average Bonchev–Trinajstić information content (AvgIpc) is 2.39. The van der Waals surface area contributed by atoms with Crippen LogP contribution >= 0.6 is 0 Å². The number of nitrogens with two attached hydrogens (primary N) is 1. The summed E-state index contributed by atoms with van der Waals surface area (Å²) < 4.78 is 30.7. The number of nitrogens with one attached hydrogen (secondary N) is 1. The van der Waals surface area contributed by atoms with E-state index in [1.807, 2.05) is 6.92 Å². The van der Waals surface area contributed by atoms with Crippen molar-refractivity contribution in [2.24, 2.45) is 0 Å². The predicted octanol–water partition coefficient (Wildman–Crippen LogP) is 0.650. The SMILES string of the molecule is CCN(CCOC)c1ccc(S(=O)(=O)NC)c(N)c1. The van der Waals surface area contributed by atoms with Gasteiger partial charge in [-0.1, -0.05) is 0 Å². The largest absolute Gasteiger partial charge is 0.398 e. The van der Waals surface area contributed by atoms with Gasteiger partial charge in [-0.25, -0.2) is 13.1 Å². The quantitative estimate of drug-likeness (QED) is 0.719. The topological polar surface area (TPSA) is 84.7 Å². The molecule has 19 heavy (non-hydrogen) atoms. The van der Waals surface area contributed by atoms with E-state index in [1.165, 1.54) is 13.1 Å². The smallest absolute Gasteiger partial charge is 0.242 e. The summed E-state index contributed by atoms with van der Waals surface area (Å²) in [5.74, 6) is 0. The Morgan fingerprint density at radius 1 is 1.42 bits per heavy atom. The van der Waals surface area contributed by atoms with Gasteiger partial charge < -0.3 is 15.4 Å². The molecule has 0 aliphatic carbocycles. The Bertz CT molecular complexity index is 517. The Morgan fingerprint density at radius 2 is 2.11 bits per heavy atom. The lowest BCUT2D eigenvalue weighted by Crippen LogP contribution is -2.27. The van der Waals surface area contributed by atoms with E-state index in [9.17, 15) is 8.42 Å². The number of nitrogens with zero attached hydrogens (tertiary/aromatic N) is 1. The van der Waals surface area contributed by atoms with Crippen molar-refractivity contribution < 1.29 is 13.2 Å². The molecule has 0 atom stereocenters. The lowest BCUT2D eigenvalue weighted by atomic mass is 10.2. The van der Waals surface area contributed by atoms with Crippen LogP contribution in [0.15, 0.2) is 23.1 Å². The number of hydrogen-bond acceptors (Lipinski definition) is 5. The summed E-state index contributed by atoms with van der Waals surface area (Å²) in [4.78, 5) is 2.16. The van der Waals surface area contributed by atoms with Gasteiger partial charge in [0, 0.05) is 25.9 Å². The van der Waals surface area contributed by atoms with Gasteiger partial charge in [-0.2, -0.15) is 0 Å². The molecule has 1 rings (SSSR count). The molecule has 0 saturated heterocycles. The van der Waals surface area contributed by atoms with Crippen LogP contribution in [0, 0.1) is 0 Å². The molecule has 0 aliphatic heterocycles. The van der Waals surface area contributed by atoms with Crippen LogP contribution in [0.3, 0.4) is 0 Å². The fourth-order valence-corrected chi connectivity index (χ4v) is 2.59. The molecule has 7 heteroatoms. The number of methoxy groups -OCH3 is 1. The molecule has 0 fully saturated rings. The van der Waals surface area contributed by atoms with E-state index in [4.69, 9.17) is 10.5 Å². The van der Waals surface area contributed by atoms with E-state index < -0.39 is 10.0 Å². The fraction of sp³-hybridized carbons (Fsp3) is 0.500. The van der Waals surface area contributed by atoms with Gasteiger partial charge in [-0.15, -0.1) is 0 Å². The molecule has 108 valence electrons. The molecule has 0 radical (unpaired) electrons. The highest BCUT2D eigenvalue weighted by molar-refractivity contribution is 7.89. The second-order valence-corrected chi connectivity index (χ2v) is 5.86. The molecular weight excluding hydrogens is 266 g/mol. The third kappa shape index (κ3) is 3.82. The van der Waals surface area contributed by atoms with Crippen molar-refractivity contribution in [1.82, 2.24) is 4.72 Å². The molecule has 0 amide bonds. The van der Waals surface area contributed by atoms with E-state index in [2.05, 4.69) is 9.62 Å². The zero-order valence-electron chi connectivity index (χ0n) is 11.5. The first-order valence-corrected chi connectivity index (χ1v) is 7.51. The second-order valence-electron chi connectivity index (χ2n) is 4.00. The van der Waals surface area contributed by atoms with Crippen molar-refractivity contribution in [3.8, 4) is 0 Å². The summed E-state index contributed by atoms with van der Waals surface area (Å²) in [6.07, 6.45) is 0. The van der Waals surface area contributed by atoms with E-state index in [0.717, 1.165) is 18.8 Å². The predicted molar refractivity (Wildman–Crippen MR) is 76.9 cm³/mol. The zero-order valence-corrected chi connectivity index (χ0v) is 12.3. The first kappa shape index (κ1) is 15.7. The molecule has 0 aromatic heterocycles. The summed E-state index contributed by atoms with van der Waals surface area (Å²) in [5, 5.41) is 0. The van der Waals surface area contributed by atoms with Gasteiger partial charge in [0.25, 0.3) is 0 Å². The van der Waals surface area contributed by atoms with Crippen LogP contribution < -0.4 is 15.4 Å². The highest BCUT2D eigenvalue weighted by atomic mass is 32.2. The maximum atomic E-state index is 11.7. The lowest BCUT2D eigenvalue weighted by Gasteiger charge is -2.23. The van der Waals surface area contributed by atoms with Gasteiger partial charge in [-0.05, 0) is 32.2 Å². The van der Waals surface area contributed by atoms with E-state index >= 15 is 0 Å². The minimum absolute atomic E-state index is 0.0987. The zero-order chi connectivity index (χ0) is 14.5. The molecule has 0 heterocycles. The van der Waals surface area contributed by atoms with Crippen molar-refractivity contribution >= 4 is 21.4 Å². The number of sulfonamides is 1. The number of ether oxygens (including phenoxy) is 1. The molecule has 0 aliphatic rings. The Kier molecular flexibility index (Phi) is 5.59. The number of anilines is 2. The Labute approximate surface area is 114 Å². The van der Waals surface area contributed by atoms with E-state index in [1.54, 1.807) is 19.2 Å². The minimum atomic E-state index is -3.51. The highest BCUT2D eigenvalue weighted by Gasteiger charge is 2.16. The minimum Gasteiger partial charge on any atom is -0.398 e. The van der Waals surface area contributed by atoms with Gasteiger partial charge in [0.15, 0.2) is 0 Å². The monoisotopic (exact) mass is 287 g/mol. The van der Waals surface area contributed by atoms with Gasteiger partial charge in [-0.3, -0.25) is 0 Å². The summed E-state index contributed by atoms with van der Waals surface area (Å²) in [5.41, 5.74) is 6.95. The molecule has 1 aromatic carbocycles. The number of hydrogen-bond donors (Lipinski definition) is 2. The van der Waals surface area contributed by atoms with Crippen LogP contribution in [0.2, 0.25) is 0 Å². The first-order chi connectivity index (χ1) is 8.96. The summed E-state index contributed by atoms with van der Waals surface area (Å²) in [6.45, 7) is 4.14. The van der Waals surface area contributed by atoms with Gasteiger partial charge in [0.2, 0.25) is 10.0 Å².